The molecule has 7 heteroatoms. The van der Waals surface area contributed by atoms with Gasteiger partial charge in [-0.2, -0.15) is 0 Å². The Kier molecular flexibility index (Phi) is 2.83. The Bertz CT molecular complexity index is 610. The maximum Gasteiger partial charge on any atom is 0.281 e. The number of fused-ring (bicyclic) bond motifs is 1. The van der Waals surface area contributed by atoms with E-state index < -0.39 is 0 Å². The van der Waals surface area contributed by atoms with Gasteiger partial charge < -0.3 is 10.3 Å². The van der Waals surface area contributed by atoms with Crippen LogP contribution in [0.4, 0.5) is 0 Å². The van der Waals surface area contributed by atoms with Crippen molar-refractivity contribution >= 4 is 11.2 Å². The maximum atomic E-state index is 11.8. The minimum Gasteiger partial charge on any atom is -0.315 e. The molecule has 2 N–H and O–H groups in total. The predicted octanol–water partition coefficient (Wildman–Crippen LogP) is 0.00150. The van der Waals surface area contributed by atoms with Crippen LogP contribution in [-0.2, 0) is 6.42 Å². The molecule has 1 aliphatic rings. The van der Waals surface area contributed by atoms with Gasteiger partial charge in [0.1, 0.15) is 5.82 Å². The van der Waals surface area contributed by atoms with Gasteiger partial charge in [-0.1, -0.05) is 12.1 Å². The molecule has 0 spiro atoms. The molecule has 3 rings (SSSR count). The van der Waals surface area contributed by atoms with Crippen LogP contribution in [0.5, 0.6) is 0 Å². The molecule has 7 nitrogen and oxygen atoms in total. The summed E-state index contributed by atoms with van der Waals surface area (Å²) < 4.78 is 1.79. The number of aromatic nitrogens is 5. The van der Waals surface area contributed by atoms with Crippen molar-refractivity contribution in [3.8, 4) is 0 Å². The predicted molar refractivity (Wildman–Crippen MR) is 66.5 cm³/mol. The number of nitrogens with one attached hydrogen (secondary N) is 2. The largest absolute Gasteiger partial charge is 0.315 e. The molecule has 1 saturated heterocycles. The van der Waals surface area contributed by atoms with Crippen LogP contribution >= 0.6 is 0 Å². The van der Waals surface area contributed by atoms with Crippen LogP contribution in [0.15, 0.2) is 4.79 Å². The highest BCUT2D eigenvalue weighted by molar-refractivity contribution is 5.68. The van der Waals surface area contributed by atoms with Gasteiger partial charge in [0, 0.05) is 13.0 Å². The minimum atomic E-state index is -0.202. The lowest BCUT2D eigenvalue weighted by molar-refractivity contribution is 0.347. The van der Waals surface area contributed by atoms with E-state index in [1.54, 1.807) is 4.68 Å². The summed E-state index contributed by atoms with van der Waals surface area (Å²) in [6.07, 6.45) is 2.84. The normalized spacial score (nSPS) is 20.4. The highest BCUT2D eigenvalue weighted by atomic mass is 16.1. The van der Waals surface area contributed by atoms with Crippen LogP contribution in [0.2, 0.25) is 0 Å². The Balaban J connectivity index is 2.12. The quantitative estimate of drug-likeness (QED) is 0.781. The molecule has 0 radical (unpaired) electrons. The Morgan fingerprint density at radius 2 is 2.39 bits per heavy atom. The molecule has 2 aromatic heterocycles. The highest BCUT2D eigenvalue weighted by Gasteiger charge is 2.20. The summed E-state index contributed by atoms with van der Waals surface area (Å²) in [5, 5.41) is 11.4. The molecule has 1 aliphatic heterocycles. The molecular formula is C11H16N6O. The fraction of sp³-hybridized carbons (Fsp3) is 0.636. The van der Waals surface area contributed by atoms with E-state index in [1.165, 1.54) is 0 Å². The second-order valence-electron chi connectivity index (χ2n) is 4.57. The molecule has 0 bridgehead atoms. The summed E-state index contributed by atoms with van der Waals surface area (Å²) >= 11 is 0. The molecule has 18 heavy (non-hydrogen) atoms. The van der Waals surface area contributed by atoms with E-state index in [1.807, 2.05) is 6.92 Å². The standard InChI is InChI=1S/C11H16N6O/c1-2-8-13-10-9(11(18)14-8)15-16-17(10)7-4-3-5-12-6-7/h7,12H,2-6H2,1H3,(H,13,14,18). The molecule has 2 aromatic rings. The van der Waals surface area contributed by atoms with Crippen molar-refractivity contribution in [2.45, 2.75) is 32.2 Å². The smallest absolute Gasteiger partial charge is 0.281 e. The molecular weight excluding hydrogens is 232 g/mol. The number of hydrogen-bond acceptors (Lipinski definition) is 5. The van der Waals surface area contributed by atoms with Crippen molar-refractivity contribution < 1.29 is 0 Å². The molecule has 0 aromatic carbocycles. The van der Waals surface area contributed by atoms with Crippen LogP contribution in [0, 0.1) is 0 Å². The van der Waals surface area contributed by atoms with Crippen molar-refractivity contribution in [3.05, 3.63) is 16.2 Å². The summed E-state index contributed by atoms with van der Waals surface area (Å²) in [6, 6.07) is 0.239. The third-order valence-corrected chi connectivity index (χ3v) is 3.34. The third kappa shape index (κ3) is 1.80. The summed E-state index contributed by atoms with van der Waals surface area (Å²) in [7, 11) is 0. The Morgan fingerprint density at radius 1 is 1.50 bits per heavy atom. The lowest BCUT2D eigenvalue weighted by Crippen LogP contribution is -2.32. The molecule has 1 unspecified atom stereocenters. The van der Waals surface area contributed by atoms with Crippen LogP contribution in [0.25, 0.3) is 11.2 Å². The number of hydrogen-bond donors (Lipinski definition) is 2. The molecule has 0 saturated carbocycles. The first-order valence-corrected chi connectivity index (χ1v) is 6.34. The first-order chi connectivity index (χ1) is 8.79. The van der Waals surface area contributed by atoms with Gasteiger partial charge in [0.05, 0.1) is 6.04 Å². The lowest BCUT2D eigenvalue weighted by Gasteiger charge is -2.22. The van der Waals surface area contributed by atoms with Gasteiger partial charge in [0.2, 0.25) is 0 Å². The zero-order valence-corrected chi connectivity index (χ0v) is 10.3. The number of aryl methyl sites for hydroxylation is 1. The van der Waals surface area contributed by atoms with Gasteiger partial charge in [-0.3, -0.25) is 4.79 Å². The number of nitrogens with zero attached hydrogens (tertiary/aromatic N) is 4. The molecule has 96 valence electrons. The Hall–Kier alpha value is -1.76. The fourth-order valence-corrected chi connectivity index (χ4v) is 2.34. The van der Waals surface area contributed by atoms with Gasteiger partial charge in [-0.05, 0) is 19.4 Å². The van der Waals surface area contributed by atoms with Crippen LogP contribution < -0.4 is 10.9 Å². The van der Waals surface area contributed by atoms with Crippen LogP contribution in [-0.4, -0.2) is 38.1 Å². The molecule has 1 fully saturated rings. The molecule has 0 amide bonds. The van der Waals surface area contributed by atoms with Gasteiger partial charge in [-0.25, -0.2) is 9.67 Å². The first kappa shape index (κ1) is 11.3. The Labute approximate surface area is 104 Å². The van der Waals surface area contributed by atoms with E-state index in [-0.39, 0.29) is 11.6 Å². The van der Waals surface area contributed by atoms with Crippen molar-refractivity contribution in [2.75, 3.05) is 13.1 Å². The van der Waals surface area contributed by atoms with Gasteiger partial charge in [0.25, 0.3) is 5.56 Å². The number of rotatable bonds is 2. The fourth-order valence-electron chi connectivity index (χ4n) is 2.34. The van der Waals surface area contributed by atoms with E-state index in [0.717, 1.165) is 25.9 Å². The van der Waals surface area contributed by atoms with E-state index in [9.17, 15) is 4.79 Å². The van der Waals surface area contributed by atoms with Gasteiger partial charge >= 0.3 is 0 Å². The van der Waals surface area contributed by atoms with Crippen LogP contribution in [0.1, 0.15) is 31.6 Å². The Morgan fingerprint density at radius 3 is 3.11 bits per heavy atom. The average Bonchev–Trinajstić information content (AvgIpc) is 2.84. The minimum absolute atomic E-state index is 0.202. The average molecular weight is 248 g/mol. The second-order valence-corrected chi connectivity index (χ2v) is 4.57. The summed E-state index contributed by atoms with van der Waals surface area (Å²) in [6.45, 7) is 3.85. The van der Waals surface area contributed by atoms with E-state index in [0.29, 0.717) is 23.4 Å². The van der Waals surface area contributed by atoms with E-state index in [4.69, 9.17) is 0 Å². The van der Waals surface area contributed by atoms with E-state index >= 15 is 0 Å². The van der Waals surface area contributed by atoms with Crippen molar-refractivity contribution in [1.29, 1.82) is 0 Å². The van der Waals surface area contributed by atoms with Gasteiger partial charge in [0.15, 0.2) is 11.2 Å². The summed E-state index contributed by atoms with van der Waals surface area (Å²) in [5.74, 6) is 0.680. The SMILES string of the molecule is CCc1nc2c(nnn2C2CCCNC2)c(=O)[nH]1. The van der Waals surface area contributed by atoms with Gasteiger partial charge in [-0.15, -0.1) is 5.10 Å². The molecule has 0 aliphatic carbocycles. The summed E-state index contributed by atoms with van der Waals surface area (Å²) in [5.41, 5.74) is 0.731. The zero-order chi connectivity index (χ0) is 12.5. The molecule has 3 heterocycles. The van der Waals surface area contributed by atoms with Crippen molar-refractivity contribution in [2.24, 2.45) is 0 Å². The zero-order valence-electron chi connectivity index (χ0n) is 10.3. The lowest BCUT2D eigenvalue weighted by atomic mass is 10.1. The van der Waals surface area contributed by atoms with Crippen molar-refractivity contribution in [3.63, 3.8) is 0 Å². The monoisotopic (exact) mass is 248 g/mol. The number of piperidine rings is 1. The third-order valence-electron chi connectivity index (χ3n) is 3.34. The summed E-state index contributed by atoms with van der Waals surface area (Å²) in [4.78, 5) is 19.0. The number of H-pyrrole nitrogens is 1. The highest BCUT2D eigenvalue weighted by Crippen LogP contribution is 2.18. The molecule has 1 atom stereocenters. The van der Waals surface area contributed by atoms with E-state index in [2.05, 4.69) is 25.6 Å². The maximum absolute atomic E-state index is 11.8. The van der Waals surface area contributed by atoms with Crippen molar-refractivity contribution in [1.82, 2.24) is 30.3 Å². The second kappa shape index (κ2) is 4.49. The topological polar surface area (TPSA) is 88.5 Å². The first-order valence-electron chi connectivity index (χ1n) is 6.34. The van der Waals surface area contributed by atoms with Crippen LogP contribution in [0.3, 0.4) is 0 Å². The number of aromatic amines is 1.